The highest BCUT2D eigenvalue weighted by molar-refractivity contribution is 6.31. The molecule has 0 atom stereocenters. The maximum Gasteiger partial charge on any atom is 0.323 e. The van der Waals surface area contributed by atoms with Crippen LogP contribution in [0, 0.1) is 5.82 Å². The number of ether oxygens (including phenoxy) is 1. The molecule has 2 amide bonds. The molecule has 7 nitrogen and oxygen atoms in total. The highest BCUT2D eigenvalue weighted by Gasteiger charge is 2.23. The van der Waals surface area contributed by atoms with E-state index >= 15 is 0 Å². The minimum Gasteiger partial charge on any atom is -0.478 e. The predicted octanol–water partition coefficient (Wildman–Crippen LogP) is 3.79. The molecule has 0 saturated carbocycles. The number of anilines is 2. The quantitative estimate of drug-likeness (QED) is 0.704. The topological polar surface area (TPSA) is 70.6 Å². The average molecular weight is 416 g/mol. The fraction of sp³-hybridized carbons (Fsp3) is 0.250. The number of halogens is 2. The molecule has 1 aromatic heterocycles. The first kappa shape index (κ1) is 19.2. The van der Waals surface area contributed by atoms with E-state index in [-0.39, 0.29) is 23.5 Å². The summed E-state index contributed by atoms with van der Waals surface area (Å²) in [5, 5.41) is 3.32. The molecule has 0 unspecified atom stereocenters. The summed E-state index contributed by atoms with van der Waals surface area (Å²) in [4.78, 5) is 25.3. The van der Waals surface area contributed by atoms with Crippen LogP contribution in [0.2, 0.25) is 5.02 Å². The first-order valence-electron chi connectivity index (χ1n) is 9.11. The molecule has 4 rings (SSSR count). The van der Waals surface area contributed by atoms with E-state index in [4.69, 9.17) is 16.3 Å². The molecular formula is C20H19ClFN5O2. The highest BCUT2D eigenvalue weighted by atomic mass is 35.5. The van der Waals surface area contributed by atoms with Gasteiger partial charge in [0, 0.05) is 36.9 Å². The van der Waals surface area contributed by atoms with Crippen LogP contribution in [0.5, 0.6) is 5.88 Å². The van der Waals surface area contributed by atoms with Crippen molar-refractivity contribution < 1.29 is 13.9 Å². The number of amides is 2. The van der Waals surface area contributed by atoms with Crippen molar-refractivity contribution in [2.45, 2.75) is 0 Å². The first-order chi connectivity index (χ1) is 14.0. The molecule has 29 heavy (non-hydrogen) atoms. The SMILES string of the molecule is COc1nc2cc(Cl)ccc2nc1NC(=O)N1CCN(c2cccc(F)c2)CC1. The van der Waals surface area contributed by atoms with Crippen LogP contribution in [0.1, 0.15) is 0 Å². The number of piperazine rings is 1. The lowest BCUT2D eigenvalue weighted by Crippen LogP contribution is -2.50. The molecule has 3 aromatic rings. The Morgan fingerprint density at radius 2 is 1.90 bits per heavy atom. The Morgan fingerprint density at radius 1 is 1.10 bits per heavy atom. The van der Waals surface area contributed by atoms with Crippen molar-refractivity contribution in [3.63, 3.8) is 0 Å². The van der Waals surface area contributed by atoms with Crippen LogP contribution >= 0.6 is 11.6 Å². The lowest BCUT2D eigenvalue weighted by Gasteiger charge is -2.36. The van der Waals surface area contributed by atoms with Crippen molar-refractivity contribution in [1.82, 2.24) is 14.9 Å². The van der Waals surface area contributed by atoms with Crippen molar-refractivity contribution >= 4 is 40.2 Å². The van der Waals surface area contributed by atoms with Gasteiger partial charge in [0.15, 0.2) is 5.82 Å². The lowest BCUT2D eigenvalue weighted by atomic mass is 10.2. The van der Waals surface area contributed by atoms with Crippen LogP contribution in [-0.2, 0) is 0 Å². The number of benzene rings is 2. The van der Waals surface area contributed by atoms with E-state index in [1.165, 1.54) is 19.2 Å². The molecule has 1 aliphatic heterocycles. The number of fused-ring (bicyclic) bond motifs is 1. The van der Waals surface area contributed by atoms with E-state index in [0.29, 0.717) is 42.2 Å². The number of hydrogen-bond acceptors (Lipinski definition) is 5. The Balaban J connectivity index is 1.45. The molecule has 1 saturated heterocycles. The summed E-state index contributed by atoms with van der Waals surface area (Å²) in [6.07, 6.45) is 0. The third-order valence-corrected chi connectivity index (χ3v) is 4.99. The normalized spacial score (nSPS) is 14.2. The molecule has 0 radical (unpaired) electrons. The molecule has 0 aliphatic carbocycles. The van der Waals surface area contributed by atoms with Gasteiger partial charge in [0.05, 0.1) is 18.1 Å². The van der Waals surface area contributed by atoms with Gasteiger partial charge in [0.25, 0.3) is 5.88 Å². The second kappa shape index (κ2) is 8.08. The smallest absolute Gasteiger partial charge is 0.323 e. The zero-order valence-corrected chi connectivity index (χ0v) is 16.5. The van der Waals surface area contributed by atoms with E-state index in [2.05, 4.69) is 15.3 Å². The van der Waals surface area contributed by atoms with Gasteiger partial charge in [-0.15, -0.1) is 0 Å². The van der Waals surface area contributed by atoms with E-state index < -0.39 is 0 Å². The molecule has 1 fully saturated rings. The van der Waals surface area contributed by atoms with E-state index in [9.17, 15) is 9.18 Å². The van der Waals surface area contributed by atoms with Gasteiger partial charge in [0.1, 0.15) is 5.82 Å². The number of carbonyl (C=O) groups is 1. The van der Waals surface area contributed by atoms with Crippen molar-refractivity contribution in [3.8, 4) is 5.88 Å². The Labute approximate surface area is 172 Å². The fourth-order valence-corrected chi connectivity index (χ4v) is 3.42. The summed E-state index contributed by atoms with van der Waals surface area (Å²) < 4.78 is 18.7. The van der Waals surface area contributed by atoms with Crippen molar-refractivity contribution in [2.75, 3.05) is 43.5 Å². The van der Waals surface area contributed by atoms with Crippen molar-refractivity contribution in [3.05, 3.63) is 53.3 Å². The minimum absolute atomic E-state index is 0.214. The highest BCUT2D eigenvalue weighted by Crippen LogP contribution is 2.25. The third kappa shape index (κ3) is 4.17. The van der Waals surface area contributed by atoms with Crippen LogP contribution in [-0.4, -0.2) is 54.2 Å². The monoisotopic (exact) mass is 415 g/mol. The molecular weight excluding hydrogens is 397 g/mol. The van der Waals surface area contributed by atoms with Crippen molar-refractivity contribution in [2.24, 2.45) is 0 Å². The first-order valence-corrected chi connectivity index (χ1v) is 9.49. The Bertz CT molecular complexity index is 1060. The van der Waals surface area contributed by atoms with E-state index in [1.807, 2.05) is 11.0 Å². The molecule has 150 valence electrons. The zero-order chi connectivity index (χ0) is 20.4. The second-order valence-electron chi connectivity index (χ2n) is 6.60. The summed E-state index contributed by atoms with van der Waals surface area (Å²) >= 11 is 5.99. The maximum atomic E-state index is 13.4. The van der Waals surface area contributed by atoms with Crippen LogP contribution in [0.3, 0.4) is 0 Å². The van der Waals surface area contributed by atoms with Crippen LogP contribution < -0.4 is 15.0 Å². The minimum atomic E-state index is -0.287. The van der Waals surface area contributed by atoms with Gasteiger partial charge in [-0.25, -0.2) is 19.2 Å². The van der Waals surface area contributed by atoms with Crippen LogP contribution in [0.25, 0.3) is 11.0 Å². The number of hydrogen-bond donors (Lipinski definition) is 1. The number of aromatic nitrogens is 2. The van der Waals surface area contributed by atoms with Gasteiger partial charge in [-0.1, -0.05) is 17.7 Å². The van der Waals surface area contributed by atoms with Crippen molar-refractivity contribution in [1.29, 1.82) is 0 Å². The zero-order valence-electron chi connectivity index (χ0n) is 15.7. The summed E-state index contributed by atoms with van der Waals surface area (Å²) in [6.45, 7) is 2.22. The fourth-order valence-electron chi connectivity index (χ4n) is 3.26. The Morgan fingerprint density at radius 3 is 2.62 bits per heavy atom. The molecule has 1 aliphatic rings. The summed E-state index contributed by atoms with van der Waals surface area (Å²) in [5.74, 6) is 0.192. The van der Waals surface area contributed by atoms with Gasteiger partial charge in [0.2, 0.25) is 0 Å². The molecule has 0 bridgehead atoms. The van der Waals surface area contributed by atoms with Gasteiger partial charge in [-0.05, 0) is 36.4 Å². The molecule has 1 N–H and O–H groups in total. The number of urea groups is 1. The second-order valence-corrected chi connectivity index (χ2v) is 7.04. The van der Waals surface area contributed by atoms with Crippen LogP contribution in [0.4, 0.5) is 20.7 Å². The number of methoxy groups -OCH3 is 1. The number of nitrogens with one attached hydrogen (secondary N) is 1. The largest absolute Gasteiger partial charge is 0.478 e. The summed E-state index contributed by atoms with van der Waals surface area (Å²) in [7, 11) is 1.47. The Kier molecular flexibility index (Phi) is 5.35. The maximum absolute atomic E-state index is 13.4. The number of rotatable bonds is 3. The molecule has 0 spiro atoms. The average Bonchev–Trinajstić information content (AvgIpc) is 2.73. The van der Waals surface area contributed by atoms with Crippen LogP contribution in [0.15, 0.2) is 42.5 Å². The Hall–Kier alpha value is -3.13. The molecule has 2 aromatic carbocycles. The van der Waals surface area contributed by atoms with E-state index in [1.54, 1.807) is 29.2 Å². The van der Waals surface area contributed by atoms with Gasteiger partial charge in [-0.2, -0.15) is 0 Å². The van der Waals surface area contributed by atoms with Gasteiger partial charge in [-0.3, -0.25) is 5.32 Å². The summed E-state index contributed by atoms with van der Waals surface area (Å²) in [5.41, 5.74) is 1.99. The standard InChI is InChI=1S/C20H19ClFN5O2/c1-29-19-18(23-16-6-5-13(21)11-17(16)24-19)25-20(28)27-9-7-26(8-10-27)15-4-2-3-14(22)12-15/h2-6,11-12H,7-10H2,1H3,(H,23,25,28). The molecule has 9 heteroatoms. The third-order valence-electron chi connectivity index (χ3n) is 4.75. The van der Waals surface area contributed by atoms with Gasteiger partial charge >= 0.3 is 6.03 Å². The summed E-state index contributed by atoms with van der Waals surface area (Å²) in [6, 6.07) is 11.3. The number of nitrogens with zero attached hydrogens (tertiary/aromatic N) is 4. The lowest BCUT2D eigenvalue weighted by molar-refractivity contribution is 0.208. The number of carbonyl (C=O) groups excluding carboxylic acids is 1. The van der Waals surface area contributed by atoms with Gasteiger partial charge < -0.3 is 14.5 Å². The molecule has 2 heterocycles. The predicted molar refractivity (Wildman–Crippen MR) is 110 cm³/mol. The van der Waals surface area contributed by atoms with E-state index in [0.717, 1.165) is 5.69 Å².